The fraction of sp³-hybridized carbons (Fsp3) is 0.130. The van der Waals surface area contributed by atoms with Crippen molar-refractivity contribution in [2.24, 2.45) is 0 Å². The van der Waals surface area contributed by atoms with E-state index in [0.29, 0.717) is 17.8 Å². The van der Waals surface area contributed by atoms with Crippen LogP contribution in [0.1, 0.15) is 21.6 Å². The molecule has 5 nitrogen and oxygen atoms in total. The molecule has 0 fully saturated rings. The zero-order valence-corrected chi connectivity index (χ0v) is 15.9. The van der Waals surface area contributed by atoms with Gasteiger partial charge in [0.2, 0.25) is 0 Å². The van der Waals surface area contributed by atoms with E-state index in [4.69, 9.17) is 4.74 Å². The van der Waals surface area contributed by atoms with Gasteiger partial charge in [-0.05, 0) is 37.3 Å². The van der Waals surface area contributed by atoms with Crippen LogP contribution in [-0.2, 0) is 6.54 Å². The molecule has 4 rings (SSSR count). The first-order valence-electron chi connectivity index (χ1n) is 9.08. The number of carbonyl (C=O) groups is 1. The Bertz CT molecular complexity index is 1230. The third-order valence-corrected chi connectivity index (χ3v) is 4.80. The second-order valence-corrected chi connectivity index (χ2v) is 6.52. The molecule has 0 spiro atoms. The molecule has 0 bridgehead atoms. The molecule has 0 amide bonds. The molecular weight excluding hydrogens is 350 g/mol. The van der Waals surface area contributed by atoms with Crippen molar-refractivity contribution in [3.8, 4) is 5.75 Å². The number of aryl methyl sites for hydroxylation is 1. The van der Waals surface area contributed by atoms with Crippen LogP contribution in [0.4, 0.5) is 0 Å². The quantitative estimate of drug-likeness (QED) is 0.281. The van der Waals surface area contributed by atoms with Gasteiger partial charge in [-0.1, -0.05) is 36.4 Å². The number of aromatic nitrogens is 3. The largest absolute Gasteiger partial charge is 0.496 e. The molecule has 0 aliphatic heterocycles. The zero-order chi connectivity index (χ0) is 19.7. The summed E-state index contributed by atoms with van der Waals surface area (Å²) < 4.78 is 9.28. The molecule has 2 heterocycles. The Morgan fingerprint density at radius 1 is 1.14 bits per heavy atom. The number of para-hydroxylation sites is 3. The van der Waals surface area contributed by atoms with Gasteiger partial charge in [-0.25, -0.2) is 4.52 Å². The molecule has 0 atom stereocenters. The monoisotopic (exact) mass is 371 g/mol. The lowest BCUT2D eigenvalue weighted by atomic mass is 10.1. The van der Waals surface area contributed by atoms with Gasteiger partial charge in [0.1, 0.15) is 11.4 Å². The summed E-state index contributed by atoms with van der Waals surface area (Å²) in [7, 11) is 1.62. The Morgan fingerprint density at radius 3 is 2.61 bits per heavy atom. The summed E-state index contributed by atoms with van der Waals surface area (Å²) in [5, 5.41) is 4.64. The highest BCUT2D eigenvalue weighted by Gasteiger charge is 2.21. The molecule has 0 radical (unpaired) electrons. The van der Waals surface area contributed by atoms with Crippen LogP contribution in [0.3, 0.4) is 0 Å². The molecule has 0 saturated carbocycles. The number of nitrogens with zero attached hydrogens (tertiary/aromatic N) is 3. The van der Waals surface area contributed by atoms with E-state index in [-0.39, 0.29) is 5.78 Å². The summed E-state index contributed by atoms with van der Waals surface area (Å²) in [4.78, 5) is 13.1. The van der Waals surface area contributed by atoms with Gasteiger partial charge in [0, 0.05) is 12.1 Å². The van der Waals surface area contributed by atoms with Crippen LogP contribution in [0.15, 0.2) is 67.3 Å². The summed E-state index contributed by atoms with van der Waals surface area (Å²) in [6, 6.07) is 15.6. The third kappa shape index (κ3) is 2.81. The van der Waals surface area contributed by atoms with Crippen LogP contribution >= 0.6 is 0 Å². The smallest absolute Gasteiger partial charge is 0.191 e. The predicted octanol–water partition coefficient (Wildman–Crippen LogP) is 4.69. The molecule has 28 heavy (non-hydrogen) atoms. The van der Waals surface area contributed by atoms with E-state index in [1.54, 1.807) is 19.3 Å². The number of hydrogen-bond donors (Lipinski definition) is 0. The van der Waals surface area contributed by atoms with E-state index in [0.717, 1.165) is 28.0 Å². The molecule has 2 aromatic heterocycles. The van der Waals surface area contributed by atoms with Crippen LogP contribution in [0.5, 0.6) is 5.75 Å². The van der Waals surface area contributed by atoms with E-state index in [1.807, 2.05) is 66.0 Å². The van der Waals surface area contributed by atoms with E-state index in [2.05, 4.69) is 16.2 Å². The summed E-state index contributed by atoms with van der Waals surface area (Å²) in [5.74, 6) is 0.635. The van der Waals surface area contributed by atoms with E-state index >= 15 is 0 Å². The van der Waals surface area contributed by atoms with Crippen molar-refractivity contribution in [3.05, 3.63) is 84.1 Å². The normalized spacial score (nSPS) is 11.5. The fourth-order valence-electron chi connectivity index (χ4n) is 3.57. The van der Waals surface area contributed by atoms with Gasteiger partial charge in [0.25, 0.3) is 0 Å². The second kappa shape index (κ2) is 7.19. The number of carbonyl (C=O) groups excluding carboxylic acids is 1. The van der Waals surface area contributed by atoms with Gasteiger partial charge >= 0.3 is 0 Å². The Kier molecular flexibility index (Phi) is 4.57. The van der Waals surface area contributed by atoms with E-state index < -0.39 is 0 Å². The van der Waals surface area contributed by atoms with Crippen molar-refractivity contribution in [3.63, 3.8) is 0 Å². The molecule has 140 valence electrons. The van der Waals surface area contributed by atoms with Gasteiger partial charge in [-0.2, -0.15) is 5.10 Å². The molecule has 0 unspecified atom stereocenters. The number of fused-ring (bicyclic) bond motifs is 3. The Labute approximate surface area is 163 Å². The van der Waals surface area contributed by atoms with Gasteiger partial charge in [0.05, 0.1) is 29.4 Å². The molecule has 2 aromatic carbocycles. The van der Waals surface area contributed by atoms with Crippen LogP contribution in [-0.4, -0.2) is 27.1 Å². The lowest BCUT2D eigenvalue weighted by Crippen LogP contribution is -2.02. The molecule has 5 heteroatoms. The molecule has 0 saturated heterocycles. The lowest BCUT2D eigenvalue weighted by molar-refractivity contribution is 0.104. The standard InChI is InChI=1S/C23H21N3O2/c1-4-15-25-18-10-6-7-11-19(18)26-23(25)22(16(2)24-26)20(27)14-13-17-9-5-8-12-21(17)28-3/h4-14H,1,15H2,2-3H3. The minimum atomic E-state index is -0.0912. The Hall–Kier alpha value is -3.60. The van der Waals surface area contributed by atoms with Gasteiger partial charge < -0.3 is 9.30 Å². The minimum absolute atomic E-state index is 0.0912. The van der Waals surface area contributed by atoms with E-state index in [1.165, 1.54) is 0 Å². The molecule has 0 N–H and O–H groups in total. The number of imidazole rings is 1. The summed E-state index contributed by atoms with van der Waals surface area (Å²) >= 11 is 0. The Balaban J connectivity index is 1.86. The average Bonchev–Trinajstić information content (AvgIpc) is 3.20. The van der Waals surface area contributed by atoms with Crippen LogP contribution in [0.2, 0.25) is 0 Å². The van der Waals surface area contributed by atoms with Crippen LogP contribution in [0, 0.1) is 6.92 Å². The summed E-state index contributed by atoms with van der Waals surface area (Å²) in [5.41, 5.74) is 4.93. The van der Waals surface area contributed by atoms with Gasteiger partial charge in [0.15, 0.2) is 5.78 Å². The highest BCUT2D eigenvalue weighted by molar-refractivity contribution is 6.12. The maximum atomic E-state index is 13.1. The third-order valence-electron chi connectivity index (χ3n) is 4.80. The molecule has 4 aromatic rings. The number of methoxy groups -OCH3 is 1. The molecular formula is C23H21N3O2. The number of hydrogen-bond acceptors (Lipinski definition) is 3. The first-order valence-corrected chi connectivity index (χ1v) is 9.08. The minimum Gasteiger partial charge on any atom is -0.496 e. The maximum Gasteiger partial charge on any atom is 0.191 e. The van der Waals surface area contributed by atoms with Gasteiger partial charge in [-0.3, -0.25) is 4.79 Å². The van der Waals surface area contributed by atoms with Crippen molar-refractivity contribution >= 4 is 28.5 Å². The molecule has 0 aliphatic rings. The average molecular weight is 371 g/mol. The van der Waals surface area contributed by atoms with Crippen molar-refractivity contribution < 1.29 is 9.53 Å². The number of allylic oxidation sites excluding steroid dienone is 2. The van der Waals surface area contributed by atoms with E-state index in [9.17, 15) is 4.79 Å². The first kappa shape index (κ1) is 17.8. The predicted molar refractivity (Wildman–Crippen MR) is 112 cm³/mol. The summed E-state index contributed by atoms with van der Waals surface area (Å²) in [6.45, 7) is 6.32. The fourth-order valence-corrected chi connectivity index (χ4v) is 3.57. The van der Waals surface area contributed by atoms with Crippen molar-refractivity contribution in [2.45, 2.75) is 13.5 Å². The van der Waals surface area contributed by atoms with Crippen molar-refractivity contribution in [1.82, 2.24) is 14.2 Å². The highest BCUT2D eigenvalue weighted by atomic mass is 16.5. The second-order valence-electron chi connectivity index (χ2n) is 6.52. The van der Waals surface area contributed by atoms with Crippen LogP contribution < -0.4 is 4.74 Å². The topological polar surface area (TPSA) is 48.5 Å². The summed E-state index contributed by atoms with van der Waals surface area (Å²) in [6.07, 6.45) is 5.19. The highest BCUT2D eigenvalue weighted by Crippen LogP contribution is 2.27. The van der Waals surface area contributed by atoms with Gasteiger partial charge in [-0.15, -0.1) is 6.58 Å². The van der Waals surface area contributed by atoms with Crippen LogP contribution in [0.25, 0.3) is 22.8 Å². The number of ether oxygens (including phenoxy) is 1. The SMILES string of the molecule is C=CCn1c2ccccc2n2nc(C)c(C(=O)C=Cc3ccccc3OC)c12. The van der Waals surface area contributed by atoms with Crippen molar-refractivity contribution in [1.29, 1.82) is 0 Å². The van der Waals surface area contributed by atoms with Crippen molar-refractivity contribution in [2.75, 3.05) is 7.11 Å². The Morgan fingerprint density at radius 2 is 1.86 bits per heavy atom. The first-order chi connectivity index (χ1) is 13.7. The molecule has 0 aliphatic carbocycles. The zero-order valence-electron chi connectivity index (χ0n) is 15.9. The number of rotatable bonds is 6. The number of benzene rings is 2. The maximum absolute atomic E-state index is 13.1. The number of ketones is 1. The lowest BCUT2D eigenvalue weighted by Gasteiger charge is -2.04.